The Morgan fingerprint density at radius 1 is 1.00 bits per heavy atom. The van der Waals surface area contributed by atoms with Crippen LogP contribution in [0.5, 0.6) is 5.75 Å². The van der Waals surface area contributed by atoms with Crippen LogP contribution in [0.1, 0.15) is 77.1 Å². The van der Waals surface area contributed by atoms with Crippen LogP contribution in [0.2, 0.25) is 0 Å². The summed E-state index contributed by atoms with van der Waals surface area (Å²) >= 11 is 5.22. The number of ether oxygens (including phenoxy) is 2. The number of anilines is 1. The number of fused-ring (bicyclic) bond motifs is 3. The average molecular weight is 882 g/mol. The van der Waals surface area contributed by atoms with Crippen molar-refractivity contribution in [2.24, 2.45) is 5.92 Å². The molecule has 2 aromatic carbocycles. The number of esters is 1. The topological polar surface area (TPSA) is 64.6 Å². The van der Waals surface area contributed by atoms with Gasteiger partial charge in [-0.25, -0.2) is 0 Å². The molecule has 7 rings (SSSR count). The van der Waals surface area contributed by atoms with E-state index in [2.05, 4.69) is 84.0 Å². The maximum absolute atomic E-state index is 14.4. The minimum absolute atomic E-state index is 0. The third-order valence-electron chi connectivity index (χ3n) is 10.2. The molecule has 0 saturated carbocycles. The number of rotatable bonds is 12. The molecule has 0 fully saturated rings. The molecule has 1 aliphatic heterocycles. The summed E-state index contributed by atoms with van der Waals surface area (Å²) < 4.78 is 17.9. The highest BCUT2D eigenvalue weighted by molar-refractivity contribution is 8.03. The van der Waals surface area contributed by atoms with Crippen molar-refractivity contribution in [2.75, 3.05) is 25.2 Å². The number of halogens is 1. The van der Waals surface area contributed by atoms with Gasteiger partial charge in [0.2, 0.25) is 5.52 Å². The maximum Gasteiger partial charge on any atom is 0.305 e. The van der Waals surface area contributed by atoms with E-state index in [-0.39, 0.29) is 35.5 Å². The number of carbonyl (C=O) groups excluding carboxylic acids is 1. The number of hydrogen-bond acceptors (Lipinski definition) is 8. The smallest absolute Gasteiger partial charge is 0.305 e. The fourth-order valence-electron chi connectivity index (χ4n) is 7.57. The van der Waals surface area contributed by atoms with E-state index in [9.17, 15) is 9.59 Å². The van der Waals surface area contributed by atoms with E-state index in [1.165, 1.54) is 32.3 Å². The molecule has 53 heavy (non-hydrogen) atoms. The minimum Gasteiger partial charge on any atom is -1.00 e. The fourth-order valence-corrected chi connectivity index (χ4v) is 11.2. The number of methoxy groups -OCH3 is 1. The first-order valence-corrected chi connectivity index (χ1v) is 21.1. The van der Waals surface area contributed by atoms with Crippen LogP contribution in [0.25, 0.3) is 21.9 Å². The molecular formula is C42H48IN3O4S3. The molecule has 1 atom stereocenters. The first-order valence-electron chi connectivity index (χ1n) is 18.7. The summed E-state index contributed by atoms with van der Waals surface area (Å²) in [5.74, 6) is 1.23. The van der Waals surface area contributed by atoms with Crippen LogP contribution in [0.15, 0.2) is 86.6 Å². The Morgan fingerprint density at radius 3 is 2.62 bits per heavy atom. The summed E-state index contributed by atoms with van der Waals surface area (Å²) in [7, 11) is 1.70. The summed E-state index contributed by atoms with van der Waals surface area (Å²) in [6.45, 7) is 9.00. The minimum atomic E-state index is -0.150. The quantitative estimate of drug-likeness (QED) is 0.0858. The summed E-state index contributed by atoms with van der Waals surface area (Å²) in [5.41, 5.74) is 6.43. The fraction of sp³-hybridized carbons (Fsp3) is 0.405. The van der Waals surface area contributed by atoms with Gasteiger partial charge in [0, 0.05) is 36.5 Å². The lowest BCUT2D eigenvalue weighted by molar-refractivity contribution is -0.665. The highest BCUT2D eigenvalue weighted by atomic mass is 127. The Bertz CT molecular complexity index is 2260. The predicted molar refractivity (Wildman–Crippen MR) is 216 cm³/mol. The molecule has 280 valence electrons. The van der Waals surface area contributed by atoms with E-state index >= 15 is 0 Å². The Balaban J connectivity index is 0.00000481. The molecule has 4 aromatic rings. The third kappa shape index (κ3) is 8.58. The number of aryl methyl sites for hydroxylation is 1. The monoisotopic (exact) mass is 881 g/mol. The van der Waals surface area contributed by atoms with Gasteiger partial charge in [-0.1, -0.05) is 53.8 Å². The van der Waals surface area contributed by atoms with E-state index in [1.807, 2.05) is 29.3 Å². The summed E-state index contributed by atoms with van der Waals surface area (Å²) in [5, 5.41) is 2.41. The van der Waals surface area contributed by atoms with E-state index in [1.54, 1.807) is 29.8 Å². The molecule has 3 heterocycles. The molecule has 11 heteroatoms. The molecule has 0 radical (unpaired) electrons. The van der Waals surface area contributed by atoms with E-state index < -0.39 is 0 Å². The molecule has 1 unspecified atom stereocenters. The number of para-hydroxylation sites is 1. The van der Waals surface area contributed by atoms with E-state index in [4.69, 9.17) is 9.47 Å². The van der Waals surface area contributed by atoms with Crippen molar-refractivity contribution in [3.05, 3.63) is 101 Å². The highest BCUT2D eigenvalue weighted by Gasteiger charge is 2.27. The Hall–Kier alpha value is -3.13. The number of aromatic nitrogens is 2. The van der Waals surface area contributed by atoms with Crippen molar-refractivity contribution in [1.29, 1.82) is 0 Å². The number of thioether (sulfide) groups is 1. The van der Waals surface area contributed by atoms with Crippen molar-refractivity contribution in [3.63, 3.8) is 0 Å². The SMILES string of the molecule is CCOC(=O)CCCCCn1c(=O)/c(=C2\C=C3C=C(/C=C4\Sc5ccccc5N4CC)CCC3CC2)s/c1=C\c1sc2cc(OC)ccc2[n+]1CC.[I-]. The van der Waals surface area contributed by atoms with Gasteiger partial charge >= 0.3 is 5.97 Å². The number of carbonyl (C=O) groups is 1. The van der Waals surface area contributed by atoms with Crippen molar-refractivity contribution < 1.29 is 42.8 Å². The molecule has 0 amide bonds. The van der Waals surface area contributed by atoms with Crippen LogP contribution in [0, 0.1) is 5.92 Å². The zero-order valence-electron chi connectivity index (χ0n) is 31.0. The number of benzene rings is 2. The Morgan fingerprint density at radius 2 is 1.83 bits per heavy atom. The van der Waals surface area contributed by atoms with Crippen LogP contribution in [0.3, 0.4) is 0 Å². The van der Waals surface area contributed by atoms with E-state index in [0.717, 1.165) is 88.3 Å². The summed E-state index contributed by atoms with van der Waals surface area (Å²) in [6.07, 6.45) is 16.4. The van der Waals surface area contributed by atoms with Gasteiger partial charge < -0.3 is 38.4 Å². The average Bonchev–Trinajstić information content (AvgIpc) is 3.80. The molecule has 0 spiro atoms. The van der Waals surface area contributed by atoms with E-state index in [0.29, 0.717) is 25.5 Å². The second-order valence-electron chi connectivity index (χ2n) is 13.5. The van der Waals surface area contributed by atoms with Gasteiger partial charge in [-0.15, -0.1) is 11.3 Å². The summed E-state index contributed by atoms with van der Waals surface area (Å²) in [6, 6.07) is 14.9. The third-order valence-corrected chi connectivity index (χ3v) is 13.6. The zero-order valence-corrected chi connectivity index (χ0v) is 35.6. The maximum atomic E-state index is 14.4. The second kappa shape index (κ2) is 18.0. The van der Waals surface area contributed by atoms with Crippen molar-refractivity contribution >= 4 is 68.0 Å². The molecule has 2 aromatic heterocycles. The number of thiazole rings is 2. The van der Waals surface area contributed by atoms with Crippen LogP contribution in [0.4, 0.5) is 5.69 Å². The lowest BCUT2D eigenvalue weighted by Crippen LogP contribution is -3.00. The molecule has 0 saturated heterocycles. The van der Waals surface area contributed by atoms with Gasteiger partial charge in [-0.05, 0) is 106 Å². The zero-order chi connectivity index (χ0) is 36.2. The standard InChI is InChI=1S/C42H48N3O4S3.HI/c1-5-43-33-13-10-11-14-35(33)50-37(43)24-28-16-17-29-18-19-30(25-31(29)23-28)41-42(47)45(22-12-8-9-15-40(46)49-7-3)39(52-41)27-38-44(6-2)34-21-20-32(48-4)26-36(34)51-38;/h10-11,13-14,20-21,23-27,29H,5-9,12,15-19,22H2,1-4H3;1H/q+1;/p-1/b37-24-,41-30+;. The Labute approximate surface area is 341 Å². The van der Waals surface area contributed by atoms with Gasteiger partial charge in [0.05, 0.1) is 35.0 Å². The number of nitrogens with zero attached hydrogens (tertiary/aromatic N) is 3. The molecule has 0 bridgehead atoms. The lowest BCUT2D eigenvalue weighted by Gasteiger charge is -2.28. The van der Waals surface area contributed by atoms with Crippen LogP contribution in [-0.2, 0) is 22.6 Å². The van der Waals surface area contributed by atoms with Crippen molar-refractivity contribution in [1.82, 2.24) is 4.57 Å². The lowest BCUT2D eigenvalue weighted by atomic mass is 9.77. The Kier molecular flexibility index (Phi) is 13.4. The van der Waals surface area contributed by atoms with Crippen LogP contribution >= 0.6 is 34.4 Å². The summed E-state index contributed by atoms with van der Waals surface area (Å²) in [4.78, 5) is 30.0. The normalized spacial score (nSPS) is 18.8. The number of hydrogen-bond donors (Lipinski definition) is 0. The van der Waals surface area contributed by atoms with Crippen LogP contribution in [-0.4, -0.2) is 30.8 Å². The predicted octanol–water partition coefficient (Wildman–Crippen LogP) is 5.08. The number of unbranched alkanes of at least 4 members (excludes halogenated alkanes) is 2. The molecule has 7 nitrogen and oxygen atoms in total. The molecule has 3 aliphatic rings. The van der Waals surface area contributed by atoms with Gasteiger partial charge in [0.1, 0.15) is 21.7 Å². The number of allylic oxidation sites excluding steroid dienone is 5. The second-order valence-corrected chi connectivity index (χ2v) is 16.6. The highest BCUT2D eigenvalue weighted by Crippen LogP contribution is 2.47. The first-order chi connectivity index (χ1) is 25.4. The largest absolute Gasteiger partial charge is 1.00 e. The molecule has 2 aliphatic carbocycles. The van der Waals surface area contributed by atoms with Gasteiger partial charge in [-0.2, -0.15) is 4.57 Å². The molecular weight excluding hydrogens is 834 g/mol. The first kappa shape index (κ1) is 39.6. The van der Waals surface area contributed by atoms with Gasteiger partial charge in [-0.3, -0.25) is 14.2 Å². The molecule has 0 N–H and O–H groups in total. The van der Waals surface area contributed by atoms with Crippen molar-refractivity contribution in [3.8, 4) is 5.75 Å². The van der Waals surface area contributed by atoms with Gasteiger partial charge in [0.25, 0.3) is 10.6 Å². The van der Waals surface area contributed by atoms with Crippen LogP contribution < -0.4 is 52.9 Å². The van der Waals surface area contributed by atoms with Gasteiger partial charge in [0.15, 0.2) is 0 Å². The van der Waals surface area contributed by atoms with Crippen molar-refractivity contribution in [2.45, 2.75) is 90.1 Å².